The highest BCUT2D eigenvalue weighted by Gasteiger charge is 2.55. The number of nitrogens with zero attached hydrogens (tertiary/aromatic N) is 3. The predicted octanol–water partition coefficient (Wildman–Crippen LogP) is 1.09. The van der Waals surface area contributed by atoms with E-state index in [1.54, 1.807) is 4.90 Å². The van der Waals surface area contributed by atoms with Crippen LogP contribution in [0.1, 0.15) is 57.8 Å². The number of carbonyl (C=O) groups is 3. The van der Waals surface area contributed by atoms with Crippen LogP contribution in [0.3, 0.4) is 0 Å². The molecule has 6 aliphatic rings. The smallest absolute Gasteiger partial charge is 0.361 e. The van der Waals surface area contributed by atoms with E-state index in [2.05, 4.69) is 9.89 Å². The normalized spacial score (nSPS) is 36.2. The lowest BCUT2D eigenvalue weighted by molar-refractivity contribution is -0.156. The number of aliphatic imine (C=N–C) groups is 1. The number of hydrogen-bond donors (Lipinski definition) is 2. The minimum atomic E-state index is -3.33. The molecular weight excluding hydrogens is 490 g/mol. The fourth-order valence-corrected chi connectivity index (χ4v) is 8.10. The van der Waals surface area contributed by atoms with E-state index < -0.39 is 34.7 Å². The molecule has 6 rings (SSSR count). The van der Waals surface area contributed by atoms with Gasteiger partial charge in [-0.25, -0.2) is 9.59 Å². The highest BCUT2D eigenvalue weighted by Crippen LogP contribution is 2.66. The van der Waals surface area contributed by atoms with Crippen LogP contribution in [0.15, 0.2) is 15.6 Å². The minimum Gasteiger partial charge on any atom is -0.461 e. The fourth-order valence-electron chi connectivity index (χ4n) is 5.58. The molecule has 1 spiro atoms. The molecular formula is C24H33N3O8S. The SMILES string of the molecule is O=C1OS2(OC(=O)C(O)C1O)C(OC1CCN(C3CCC3)CC1)=NC1=C2CN(C(=O)C2CCC2)CC1. The number of likely N-dealkylation sites (tertiary alicyclic amines) is 1. The lowest BCUT2D eigenvalue weighted by Crippen LogP contribution is -2.46. The fraction of sp³-hybridized carbons (Fsp3) is 0.750. The molecule has 2 atom stereocenters. The summed E-state index contributed by atoms with van der Waals surface area (Å²) in [6, 6.07) is 0.645. The number of aliphatic hydroxyl groups excluding tert-OH is 2. The molecule has 2 unspecified atom stereocenters. The number of amides is 1. The Bertz CT molecular complexity index is 993. The zero-order chi connectivity index (χ0) is 25.0. The summed E-state index contributed by atoms with van der Waals surface area (Å²) in [6.45, 7) is 2.34. The van der Waals surface area contributed by atoms with Crippen molar-refractivity contribution in [3.05, 3.63) is 10.6 Å². The van der Waals surface area contributed by atoms with Crippen LogP contribution in [0.2, 0.25) is 0 Å². The van der Waals surface area contributed by atoms with E-state index in [0.29, 0.717) is 29.6 Å². The lowest BCUT2D eigenvalue weighted by Gasteiger charge is -2.44. The molecule has 0 bridgehead atoms. The van der Waals surface area contributed by atoms with Crippen molar-refractivity contribution in [2.45, 2.75) is 82.1 Å². The van der Waals surface area contributed by atoms with E-state index in [1.165, 1.54) is 19.3 Å². The Labute approximate surface area is 211 Å². The molecule has 198 valence electrons. The van der Waals surface area contributed by atoms with Gasteiger partial charge in [0.2, 0.25) is 5.91 Å². The average Bonchev–Trinajstić information content (AvgIpc) is 3.04. The van der Waals surface area contributed by atoms with Gasteiger partial charge < -0.3 is 33.1 Å². The molecule has 0 radical (unpaired) electrons. The molecule has 4 heterocycles. The second-order valence-corrected chi connectivity index (χ2v) is 12.7. The Kier molecular flexibility index (Phi) is 6.25. The van der Waals surface area contributed by atoms with Crippen molar-refractivity contribution in [2.75, 3.05) is 26.2 Å². The number of aliphatic hydroxyl groups is 2. The first-order valence-electron chi connectivity index (χ1n) is 13.0. The van der Waals surface area contributed by atoms with Crippen molar-refractivity contribution in [2.24, 2.45) is 10.9 Å². The molecule has 0 aromatic heterocycles. The Morgan fingerprint density at radius 1 is 0.944 bits per heavy atom. The molecule has 2 N–H and O–H groups in total. The van der Waals surface area contributed by atoms with Crippen LogP contribution < -0.4 is 0 Å². The van der Waals surface area contributed by atoms with Crippen LogP contribution in [0.5, 0.6) is 0 Å². The summed E-state index contributed by atoms with van der Waals surface area (Å²) in [6.07, 6.45) is 4.06. The van der Waals surface area contributed by atoms with E-state index in [9.17, 15) is 24.6 Å². The van der Waals surface area contributed by atoms with Gasteiger partial charge in [-0.3, -0.25) is 4.79 Å². The molecule has 4 aliphatic heterocycles. The quantitative estimate of drug-likeness (QED) is 0.557. The summed E-state index contributed by atoms with van der Waals surface area (Å²) < 4.78 is 17.7. The molecule has 0 aromatic carbocycles. The van der Waals surface area contributed by atoms with Crippen molar-refractivity contribution >= 4 is 33.7 Å². The lowest BCUT2D eigenvalue weighted by atomic mass is 9.84. The molecule has 2 aliphatic carbocycles. The molecule has 11 nitrogen and oxygen atoms in total. The first kappa shape index (κ1) is 24.2. The maximum Gasteiger partial charge on any atom is 0.361 e. The van der Waals surface area contributed by atoms with Gasteiger partial charge in [-0.15, -0.1) is 0 Å². The number of rotatable bonds is 3. The minimum absolute atomic E-state index is 0.00976. The number of carbonyl (C=O) groups excluding carboxylic acids is 3. The van der Waals surface area contributed by atoms with Crippen LogP contribution in [-0.2, 0) is 27.5 Å². The van der Waals surface area contributed by atoms with Gasteiger partial charge in [0, 0.05) is 38.0 Å². The van der Waals surface area contributed by atoms with E-state index in [4.69, 9.17) is 13.1 Å². The van der Waals surface area contributed by atoms with Crippen molar-refractivity contribution in [1.29, 1.82) is 0 Å². The summed E-state index contributed by atoms with van der Waals surface area (Å²) >= 11 is 0. The first-order valence-corrected chi connectivity index (χ1v) is 14.5. The molecule has 0 aromatic rings. The topological polar surface area (TPSA) is 138 Å². The summed E-state index contributed by atoms with van der Waals surface area (Å²) in [5.41, 5.74) is 0.580. The maximum atomic E-state index is 13.0. The Morgan fingerprint density at radius 2 is 1.58 bits per heavy atom. The van der Waals surface area contributed by atoms with E-state index >= 15 is 0 Å². The highest BCUT2D eigenvalue weighted by molar-refractivity contribution is 8.41. The summed E-state index contributed by atoms with van der Waals surface area (Å²) in [5, 5.41) is 20.3. The van der Waals surface area contributed by atoms with Crippen LogP contribution >= 0.6 is 10.6 Å². The molecule has 2 saturated carbocycles. The third-order valence-corrected chi connectivity index (χ3v) is 10.8. The maximum absolute atomic E-state index is 13.0. The van der Waals surface area contributed by atoms with Crippen LogP contribution in [-0.4, -0.2) is 93.6 Å². The largest absolute Gasteiger partial charge is 0.461 e. The number of fused-ring (bicyclic) bond motifs is 1. The Morgan fingerprint density at radius 3 is 2.14 bits per heavy atom. The van der Waals surface area contributed by atoms with Gasteiger partial charge in [-0.1, -0.05) is 12.8 Å². The van der Waals surface area contributed by atoms with E-state index in [0.717, 1.165) is 45.2 Å². The van der Waals surface area contributed by atoms with E-state index in [1.807, 2.05) is 0 Å². The molecule has 2 saturated heterocycles. The van der Waals surface area contributed by atoms with Gasteiger partial charge in [0.15, 0.2) is 12.2 Å². The van der Waals surface area contributed by atoms with Crippen molar-refractivity contribution in [3.63, 3.8) is 0 Å². The van der Waals surface area contributed by atoms with Gasteiger partial charge in [0.25, 0.3) is 0 Å². The van der Waals surface area contributed by atoms with Crippen LogP contribution in [0, 0.1) is 5.92 Å². The number of hydrogen-bond acceptors (Lipinski definition) is 10. The molecule has 1 amide bonds. The summed E-state index contributed by atoms with van der Waals surface area (Å²) in [4.78, 5) is 47.7. The van der Waals surface area contributed by atoms with Crippen LogP contribution in [0.4, 0.5) is 0 Å². The zero-order valence-electron chi connectivity index (χ0n) is 20.2. The second-order valence-electron chi connectivity index (χ2n) is 10.5. The second kappa shape index (κ2) is 9.30. The predicted molar refractivity (Wildman–Crippen MR) is 128 cm³/mol. The Balaban J connectivity index is 1.26. The van der Waals surface area contributed by atoms with Gasteiger partial charge in [0.1, 0.15) is 11.0 Å². The van der Waals surface area contributed by atoms with Gasteiger partial charge in [0.05, 0.1) is 12.2 Å². The monoisotopic (exact) mass is 523 g/mol. The van der Waals surface area contributed by atoms with Gasteiger partial charge in [-0.2, -0.15) is 4.99 Å². The summed E-state index contributed by atoms with van der Waals surface area (Å²) in [5.74, 6) is -2.32. The third kappa shape index (κ3) is 4.02. The van der Waals surface area contributed by atoms with Crippen molar-refractivity contribution in [1.82, 2.24) is 9.80 Å². The number of piperidine rings is 1. The highest BCUT2D eigenvalue weighted by atomic mass is 32.3. The standard InChI is InChI=1S/C24H33N3O8S/c28-19-20(29)23(32)35-36(34-22(19)31)18-13-27(21(30)14-3-1-4-14)12-9-17(18)25-24(36)33-16-7-10-26(11-8-16)15-5-2-6-15/h14-16,19-20,28-29H,1-13H2. The molecule has 4 fully saturated rings. The first-order chi connectivity index (χ1) is 17.4. The average molecular weight is 524 g/mol. The third-order valence-electron chi connectivity index (χ3n) is 8.34. The van der Waals surface area contributed by atoms with Crippen molar-refractivity contribution < 1.29 is 37.7 Å². The summed E-state index contributed by atoms with van der Waals surface area (Å²) in [7, 11) is -3.33. The van der Waals surface area contributed by atoms with Gasteiger partial charge in [-0.05, 0) is 49.1 Å². The van der Waals surface area contributed by atoms with Crippen molar-refractivity contribution in [3.8, 4) is 0 Å². The van der Waals surface area contributed by atoms with Crippen LogP contribution in [0.25, 0.3) is 0 Å². The zero-order valence-corrected chi connectivity index (χ0v) is 21.0. The Hall–Kier alpha value is -2.15. The molecule has 12 heteroatoms. The molecule has 36 heavy (non-hydrogen) atoms. The van der Waals surface area contributed by atoms with Gasteiger partial charge >= 0.3 is 17.2 Å². The van der Waals surface area contributed by atoms with E-state index in [-0.39, 0.29) is 29.7 Å². The number of ether oxygens (including phenoxy) is 1.